The molecule has 1 aromatic heterocycles. The van der Waals surface area contributed by atoms with Crippen molar-refractivity contribution in [3.8, 4) is 0 Å². The lowest BCUT2D eigenvalue weighted by Gasteiger charge is -2.21. The molecular weight excluding hydrogens is 474 g/mol. The number of carbonyl (C=O) groups is 2. The van der Waals surface area contributed by atoms with Gasteiger partial charge in [0.1, 0.15) is 0 Å². The van der Waals surface area contributed by atoms with Crippen LogP contribution < -0.4 is 4.90 Å². The Kier molecular flexibility index (Phi) is 6.65. The van der Waals surface area contributed by atoms with Crippen LogP contribution in [0.15, 0.2) is 36.4 Å². The molecule has 7 heteroatoms. The van der Waals surface area contributed by atoms with Gasteiger partial charge in [-0.3, -0.25) is 19.5 Å². The van der Waals surface area contributed by atoms with Crippen LogP contribution in [-0.4, -0.2) is 41.8 Å². The summed E-state index contributed by atoms with van der Waals surface area (Å²) < 4.78 is 0. The number of rotatable bonds is 8. The molecule has 27 heavy (non-hydrogen) atoms. The van der Waals surface area contributed by atoms with Crippen LogP contribution in [0, 0.1) is 0 Å². The summed E-state index contributed by atoms with van der Waals surface area (Å²) in [6, 6.07) is 11.2. The van der Waals surface area contributed by atoms with Crippen LogP contribution in [0.4, 0.5) is 5.69 Å². The van der Waals surface area contributed by atoms with Gasteiger partial charge in [-0.15, -0.1) is 0 Å². The molecule has 5 nitrogen and oxygen atoms in total. The van der Waals surface area contributed by atoms with Gasteiger partial charge >= 0.3 is 0 Å². The van der Waals surface area contributed by atoms with Gasteiger partial charge < -0.3 is 4.90 Å². The first-order chi connectivity index (χ1) is 13.0. The Morgan fingerprint density at radius 1 is 0.963 bits per heavy atom. The zero-order chi connectivity index (χ0) is 19.4. The van der Waals surface area contributed by atoms with Crippen LogP contribution in [0.5, 0.6) is 0 Å². The number of unbranched alkanes of at least 4 members (excludes halogenated alkanes) is 1. The third-order valence-electron chi connectivity index (χ3n) is 4.63. The molecule has 1 aliphatic rings. The van der Waals surface area contributed by atoms with Gasteiger partial charge in [0.25, 0.3) is 11.8 Å². The number of hydrogen-bond donors (Lipinski definition) is 0. The Morgan fingerprint density at radius 2 is 1.52 bits per heavy atom. The number of hydrogen-bond acceptors (Lipinski definition) is 4. The average Bonchev–Trinajstić information content (AvgIpc) is 2.95. The molecular formula is C20H21Br2N3O2. The summed E-state index contributed by atoms with van der Waals surface area (Å²) in [6.45, 7) is 1.30. The smallest absolute Gasteiger partial charge is 0.261 e. The average molecular weight is 495 g/mol. The van der Waals surface area contributed by atoms with E-state index in [4.69, 9.17) is 0 Å². The molecule has 0 aliphatic carbocycles. The van der Waals surface area contributed by atoms with Gasteiger partial charge in [0.2, 0.25) is 0 Å². The van der Waals surface area contributed by atoms with Gasteiger partial charge in [-0.1, -0.05) is 44.0 Å². The Bertz CT molecular complexity index is 800. The van der Waals surface area contributed by atoms with Crippen LogP contribution in [0.1, 0.15) is 44.9 Å². The van der Waals surface area contributed by atoms with Crippen molar-refractivity contribution in [1.29, 1.82) is 0 Å². The minimum Gasteiger partial charge on any atom is -0.374 e. The van der Waals surface area contributed by atoms with Gasteiger partial charge in [0, 0.05) is 36.5 Å². The van der Waals surface area contributed by atoms with E-state index in [1.165, 1.54) is 4.90 Å². The normalized spacial score (nSPS) is 13.2. The molecule has 0 spiro atoms. The second-order valence-corrected chi connectivity index (χ2v) is 7.63. The fraction of sp³-hybridized carbons (Fsp3) is 0.350. The summed E-state index contributed by atoms with van der Waals surface area (Å²) in [5.41, 5.74) is 4.15. The largest absolute Gasteiger partial charge is 0.374 e. The van der Waals surface area contributed by atoms with Crippen molar-refractivity contribution in [2.75, 3.05) is 25.0 Å². The van der Waals surface area contributed by atoms with Gasteiger partial charge in [-0.05, 0) is 37.1 Å². The number of anilines is 1. The summed E-state index contributed by atoms with van der Waals surface area (Å²) in [5.74, 6) is -0.357. The monoisotopic (exact) mass is 493 g/mol. The predicted octanol–water partition coefficient (Wildman–Crippen LogP) is 4.38. The maximum atomic E-state index is 12.4. The van der Waals surface area contributed by atoms with Crippen LogP contribution >= 0.6 is 31.9 Å². The van der Waals surface area contributed by atoms with Crippen molar-refractivity contribution in [2.24, 2.45) is 0 Å². The molecule has 3 rings (SSSR count). The SMILES string of the molecule is CN(CCCCN1C(=O)c2ccccc2C1=O)c1cc(CBr)nc(CBr)c1. The van der Waals surface area contributed by atoms with E-state index in [9.17, 15) is 9.59 Å². The zero-order valence-electron chi connectivity index (χ0n) is 15.1. The van der Waals surface area contributed by atoms with Crippen LogP contribution in [0.3, 0.4) is 0 Å². The predicted molar refractivity (Wildman–Crippen MR) is 114 cm³/mol. The van der Waals surface area contributed by atoms with Gasteiger partial charge in [0.05, 0.1) is 22.5 Å². The van der Waals surface area contributed by atoms with Crippen molar-refractivity contribution in [3.05, 3.63) is 58.9 Å². The molecule has 0 N–H and O–H groups in total. The lowest BCUT2D eigenvalue weighted by molar-refractivity contribution is 0.0652. The number of benzene rings is 1. The van der Waals surface area contributed by atoms with Gasteiger partial charge in [0.15, 0.2) is 0 Å². The van der Waals surface area contributed by atoms with E-state index in [2.05, 4.69) is 53.9 Å². The number of amides is 2. The maximum absolute atomic E-state index is 12.4. The second-order valence-electron chi connectivity index (χ2n) is 6.51. The van der Waals surface area contributed by atoms with E-state index in [0.29, 0.717) is 28.3 Å². The molecule has 2 aromatic rings. The molecule has 2 amide bonds. The van der Waals surface area contributed by atoms with Crippen molar-refractivity contribution in [1.82, 2.24) is 9.88 Å². The number of imide groups is 1. The molecule has 1 aromatic carbocycles. The first-order valence-corrected chi connectivity index (χ1v) is 11.1. The molecule has 0 unspecified atom stereocenters. The first kappa shape index (κ1) is 20.0. The highest BCUT2D eigenvalue weighted by molar-refractivity contribution is 9.08. The number of carbonyl (C=O) groups excluding carboxylic acids is 2. The Balaban J connectivity index is 1.54. The highest BCUT2D eigenvalue weighted by atomic mass is 79.9. The second kappa shape index (κ2) is 8.97. The summed E-state index contributed by atoms with van der Waals surface area (Å²) >= 11 is 6.93. The number of aromatic nitrogens is 1. The number of fused-ring (bicyclic) bond motifs is 1. The Hall–Kier alpha value is -1.73. The molecule has 2 heterocycles. The standard InChI is InChI=1S/C20H21Br2N3O2/c1-24(16-10-14(12-21)23-15(11-16)13-22)8-4-5-9-25-19(26)17-6-2-3-7-18(17)20(25)27/h2-3,6-7,10-11H,4-5,8-9,12-13H2,1H3. The van der Waals surface area contributed by atoms with E-state index in [-0.39, 0.29) is 11.8 Å². The zero-order valence-corrected chi connectivity index (χ0v) is 18.3. The summed E-state index contributed by atoms with van der Waals surface area (Å²) in [5, 5.41) is 1.43. The molecule has 0 radical (unpaired) electrons. The third-order valence-corrected chi connectivity index (χ3v) is 5.78. The van der Waals surface area contributed by atoms with E-state index >= 15 is 0 Å². The topological polar surface area (TPSA) is 53.5 Å². The number of halogens is 2. The Labute approximate surface area is 176 Å². The van der Waals surface area contributed by atoms with E-state index < -0.39 is 0 Å². The number of nitrogens with zero attached hydrogens (tertiary/aromatic N) is 3. The van der Waals surface area contributed by atoms with Crippen LogP contribution in [0.2, 0.25) is 0 Å². The molecule has 0 saturated carbocycles. The fourth-order valence-electron chi connectivity index (χ4n) is 3.18. The molecule has 1 aliphatic heterocycles. The summed E-state index contributed by atoms with van der Waals surface area (Å²) in [7, 11) is 2.05. The molecule has 0 saturated heterocycles. The van der Waals surface area contributed by atoms with Crippen molar-refractivity contribution in [3.63, 3.8) is 0 Å². The highest BCUT2D eigenvalue weighted by Crippen LogP contribution is 2.23. The lowest BCUT2D eigenvalue weighted by atomic mass is 10.1. The van der Waals surface area contributed by atoms with Crippen molar-refractivity contribution >= 4 is 49.4 Å². The van der Waals surface area contributed by atoms with Crippen LogP contribution in [0.25, 0.3) is 0 Å². The minimum atomic E-state index is -0.179. The third kappa shape index (κ3) is 4.41. The van der Waals surface area contributed by atoms with Gasteiger partial charge in [-0.25, -0.2) is 0 Å². The fourth-order valence-corrected chi connectivity index (χ4v) is 3.75. The molecule has 0 fully saturated rings. The van der Waals surface area contributed by atoms with E-state index in [1.807, 2.05) is 7.05 Å². The lowest BCUT2D eigenvalue weighted by Crippen LogP contribution is -2.31. The molecule has 0 bridgehead atoms. The first-order valence-electron chi connectivity index (χ1n) is 8.83. The highest BCUT2D eigenvalue weighted by Gasteiger charge is 2.34. The van der Waals surface area contributed by atoms with Gasteiger partial charge in [-0.2, -0.15) is 0 Å². The summed E-state index contributed by atoms with van der Waals surface area (Å²) in [4.78, 5) is 32.8. The van der Waals surface area contributed by atoms with Crippen LogP contribution in [-0.2, 0) is 10.7 Å². The number of pyridine rings is 1. The summed E-state index contributed by atoms with van der Waals surface area (Å²) in [6.07, 6.45) is 1.66. The maximum Gasteiger partial charge on any atom is 0.261 e. The Morgan fingerprint density at radius 3 is 2.04 bits per heavy atom. The quantitative estimate of drug-likeness (QED) is 0.310. The van der Waals surface area contributed by atoms with Crippen molar-refractivity contribution < 1.29 is 9.59 Å². The van der Waals surface area contributed by atoms with E-state index in [1.54, 1.807) is 24.3 Å². The minimum absolute atomic E-state index is 0.179. The molecule has 0 atom stereocenters. The van der Waals surface area contributed by atoms with E-state index in [0.717, 1.165) is 36.5 Å². The molecule has 142 valence electrons. The van der Waals surface area contributed by atoms with Crippen molar-refractivity contribution in [2.45, 2.75) is 23.5 Å². The number of alkyl halides is 2.